The lowest BCUT2D eigenvalue weighted by atomic mass is 10.0. The number of nitrogens with one attached hydrogen (secondary N) is 2. The Hall–Kier alpha value is -6.46. The van der Waals surface area contributed by atoms with E-state index in [9.17, 15) is 34.1 Å². The molecule has 1 amide bonds. The number of carboxylic acids is 2. The molecule has 0 unspecified atom stereocenters. The first-order valence-corrected chi connectivity index (χ1v) is 17.2. The fourth-order valence-corrected chi connectivity index (χ4v) is 5.34. The second-order valence-corrected chi connectivity index (χ2v) is 12.1. The van der Waals surface area contributed by atoms with Crippen LogP contribution in [0.3, 0.4) is 0 Å². The Morgan fingerprint density at radius 2 is 1.79 bits per heavy atom. The lowest BCUT2D eigenvalue weighted by Crippen LogP contribution is -2.36. The summed E-state index contributed by atoms with van der Waals surface area (Å²) in [5, 5.41) is 40.1. The van der Waals surface area contributed by atoms with E-state index in [1.165, 1.54) is 13.3 Å². The van der Waals surface area contributed by atoms with Crippen LogP contribution >= 0.6 is 11.6 Å². The number of methoxy groups -OCH3 is 1. The van der Waals surface area contributed by atoms with E-state index < -0.39 is 53.6 Å². The van der Waals surface area contributed by atoms with Crippen molar-refractivity contribution in [3.63, 3.8) is 0 Å². The number of carboxylic acid groups (broad SMARTS) is 2. The fraction of sp³-hybridized carbons (Fsp3) is 0.424. The number of amides is 1. The molecule has 1 aromatic carbocycles. The highest BCUT2D eigenvalue weighted by Crippen LogP contribution is 2.27. The number of aliphatic carboxylic acids is 2. The number of esters is 1. The predicted octanol–water partition coefficient (Wildman–Crippen LogP) is 1.78. The van der Waals surface area contributed by atoms with E-state index in [4.69, 9.17) is 41.3 Å². The van der Waals surface area contributed by atoms with Crippen LogP contribution in [0.1, 0.15) is 47.4 Å². The van der Waals surface area contributed by atoms with Gasteiger partial charge in [-0.25, -0.2) is 24.5 Å². The van der Waals surface area contributed by atoms with E-state index in [2.05, 4.69) is 40.3 Å². The minimum absolute atomic E-state index is 0.0589. The number of rotatable bonds is 21. The number of hydrogen-bond donors (Lipinski definition) is 5. The highest BCUT2D eigenvalue weighted by atomic mass is 35.5. The molecule has 0 radical (unpaired) electrons. The first-order chi connectivity index (χ1) is 27.3. The number of benzene rings is 1. The quantitative estimate of drug-likeness (QED) is 0.0336. The van der Waals surface area contributed by atoms with Crippen molar-refractivity contribution < 1.29 is 68.5 Å². The molecule has 2 aromatic heterocycles. The van der Waals surface area contributed by atoms with Gasteiger partial charge >= 0.3 is 23.9 Å². The van der Waals surface area contributed by atoms with Crippen molar-refractivity contribution in [2.45, 2.75) is 44.8 Å². The van der Waals surface area contributed by atoms with Crippen molar-refractivity contribution in [1.82, 2.24) is 25.3 Å². The van der Waals surface area contributed by atoms with Crippen molar-refractivity contribution in [3.8, 4) is 5.75 Å². The normalized spacial score (nSPS) is 13.1. The zero-order chi connectivity index (χ0) is 41.7. The molecule has 57 heavy (non-hydrogen) atoms. The van der Waals surface area contributed by atoms with Gasteiger partial charge in [-0.3, -0.25) is 14.4 Å². The molecule has 5 N–H and O–H groups in total. The van der Waals surface area contributed by atoms with Crippen LogP contribution in [-0.4, -0.2) is 116 Å². The number of halogens is 1. The van der Waals surface area contributed by atoms with Gasteiger partial charge in [0.2, 0.25) is 5.95 Å². The molecule has 0 spiro atoms. The Morgan fingerprint density at radius 3 is 2.42 bits per heavy atom. The molecule has 1 fully saturated rings. The summed E-state index contributed by atoms with van der Waals surface area (Å²) in [6, 6.07) is 6.82. The summed E-state index contributed by atoms with van der Waals surface area (Å²) in [6.07, 6.45) is 4.77. The number of anilines is 2. The molecule has 0 aliphatic carbocycles. The van der Waals surface area contributed by atoms with Crippen LogP contribution < -0.4 is 20.3 Å². The van der Waals surface area contributed by atoms with E-state index in [1.54, 1.807) is 30.6 Å². The van der Waals surface area contributed by atoms with Crippen molar-refractivity contribution in [1.29, 1.82) is 0 Å². The van der Waals surface area contributed by atoms with Crippen molar-refractivity contribution in [2.24, 2.45) is 5.92 Å². The zero-order valence-electron chi connectivity index (χ0n) is 30.3. The number of ether oxygens (including phenoxy) is 3. The molecule has 1 saturated heterocycles. The number of hydrogen-bond acceptors (Lipinski definition) is 19. The van der Waals surface area contributed by atoms with Crippen LogP contribution in [0.4, 0.5) is 11.8 Å². The minimum atomic E-state index is -1.36. The van der Waals surface area contributed by atoms with Gasteiger partial charge in [-0.15, -0.1) is 10.1 Å². The zero-order valence-corrected chi connectivity index (χ0v) is 31.0. The first kappa shape index (κ1) is 44.9. The van der Waals surface area contributed by atoms with E-state index >= 15 is 0 Å². The average molecular weight is 823 g/mol. The van der Waals surface area contributed by atoms with Crippen LogP contribution in [0.15, 0.2) is 42.9 Å². The van der Waals surface area contributed by atoms with E-state index in [1.807, 2.05) is 11.0 Å². The summed E-state index contributed by atoms with van der Waals surface area (Å²) in [7, 11) is 1.53. The van der Waals surface area contributed by atoms with Gasteiger partial charge in [-0.2, -0.15) is 10.2 Å². The molecule has 1 atom stereocenters. The summed E-state index contributed by atoms with van der Waals surface area (Å²) in [6.45, 7) is 0.299. The Bertz CT molecular complexity index is 1830. The van der Waals surface area contributed by atoms with Crippen LogP contribution in [0, 0.1) is 16.0 Å². The second kappa shape index (κ2) is 23.5. The average Bonchev–Trinajstić information content (AvgIpc) is 3.66. The Morgan fingerprint density at radius 1 is 1.07 bits per heavy atom. The summed E-state index contributed by atoms with van der Waals surface area (Å²) >= 11 is 6.29. The van der Waals surface area contributed by atoms with Gasteiger partial charge in [-0.05, 0) is 36.6 Å². The Kier molecular flexibility index (Phi) is 18.5. The summed E-state index contributed by atoms with van der Waals surface area (Å²) in [4.78, 5) is 93.0. The minimum Gasteiger partial charge on any atom is -0.495 e. The molecule has 1 aliphatic heterocycles. The topological polar surface area (TPSA) is 314 Å². The lowest BCUT2D eigenvalue weighted by Gasteiger charge is -2.25. The molecule has 1 aliphatic rings. The maximum absolute atomic E-state index is 13.2. The molecular weight excluding hydrogens is 784 g/mol. The van der Waals surface area contributed by atoms with E-state index in [0.717, 1.165) is 18.4 Å². The van der Waals surface area contributed by atoms with E-state index in [0.29, 0.717) is 41.5 Å². The third-order valence-electron chi connectivity index (χ3n) is 7.70. The third-order valence-corrected chi connectivity index (χ3v) is 8.00. The molecule has 4 rings (SSSR count). The number of carbonyl (C=O) groups excluding carboxylic acids is 3. The van der Waals surface area contributed by atoms with Gasteiger partial charge in [0, 0.05) is 31.7 Å². The standard InChI is InChI=1S/C27H31ClN8O8.C6H8O7/c1-41-22-6-5-18(12-21(22)28)13-31-25-20(26(38)32-15-23-29-7-3-8-30-23)14-33-27(34-25)35-9-2-4-19(35)16-43-24(37)17-42-10-11-44-36(39)40;7-4(8)1-3(2-5(9)10)6(11)13-12/h3,5-8,12,14,19H,2,4,9-11,13,15-17H2,1H3,(H,32,38)(H,31,33,34);3,12H,1-2H2,(H,7,8)(H,9,10)/t19-;/m0./s1. The van der Waals surface area contributed by atoms with Gasteiger partial charge in [0.1, 0.15) is 42.8 Å². The SMILES string of the molecule is COc1ccc(CNc2nc(N3CCC[C@H]3COC(=O)COCCO[N+](=O)[O-])ncc2C(=O)NCc2ncccn2)cc1Cl.O=C(O)CC(CC(=O)O)C(=O)OO. The van der Waals surface area contributed by atoms with Crippen molar-refractivity contribution in [3.05, 3.63) is 74.9 Å². The van der Waals surface area contributed by atoms with Crippen LogP contribution in [0.25, 0.3) is 0 Å². The molecule has 23 nitrogen and oxygen atoms in total. The smallest absolute Gasteiger partial charge is 0.346 e. The van der Waals surface area contributed by atoms with Crippen LogP contribution in [0.5, 0.6) is 5.75 Å². The van der Waals surface area contributed by atoms with Crippen LogP contribution in [0.2, 0.25) is 5.02 Å². The monoisotopic (exact) mass is 822 g/mol. The van der Waals surface area contributed by atoms with Gasteiger partial charge in [0.15, 0.2) is 0 Å². The Balaban J connectivity index is 0.000000573. The highest BCUT2D eigenvalue weighted by Gasteiger charge is 2.29. The molecular formula is C33H39ClN8O15. The van der Waals surface area contributed by atoms with E-state index in [-0.39, 0.29) is 44.6 Å². The molecule has 3 aromatic rings. The van der Waals surface area contributed by atoms with Gasteiger partial charge in [-0.1, -0.05) is 17.7 Å². The van der Waals surface area contributed by atoms with Gasteiger partial charge < -0.3 is 49.7 Å². The van der Waals surface area contributed by atoms with Gasteiger partial charge in [0.05, 0.1) is 50.1 Å². The number of nitrogens with zero attached hydrogens (tertiary/aromatic N) is 6. The summed E-state index contributed by atoms with van der Waals surface area (Å²) in [5.41, 5.74) is 1.04. The molecule has 0 bridgehead atoms. The predicted molar refractivity (Wildman–Crippen MR) is 192 cm³/mol. The fourth-order valence-electron chi connectivity index (χ4n) is 5.06. The summed E-state index contributed by atoms with van der Waals surface area (Å²) < 4.78 is 15.6. The highest BCUT2D eigenvalue weighted by molar-refractivity contribution is 6.32. The molecule has 308 valence electrons. The Labute approximate surface area is 328 Å². The maximum atomic E-state index is 13.2. The number of aromatic nitrogens is 4. The van der Waals surface area contributed by atoms with Crippen LogP contribution in [-0.2, 0) is 51.5 Å². The molecule has 0 saturated carbocycles. The first-order valence-electron chi connectivity index (χ1n) is 16.8. The largest absolute Gasteiger partial charge is 0.495 e. The van der Waals surface area contributed by atoms with Crippen molar-refractivity contribution >= 4 is 53.2 Å². The molecule has 24 heteroatoms. The van der Waals surface area contributed by atoms with Crippen molar-refractivity contribution in [2.75, 3.05) is 50.3 Å². The second-order valence-electron chi connectivity index (χ2n) is 11.7. The lowest BCUT2D eigenvalue weighted by molar-refractivity contribution is -0.758. The number of carbonyl (C=O) groups is 5. The maximum Gasteiger partial charge on any atom is 0.346 e. The third kappa shape index (κ3) is 15.7. The van der Waals surface area contributed by atoms with Gasteiger partial charge in [0.25, 0.3) is 11.0 Å². The molecule has 3 heterocycles. The summed E-state index contributed by atoms with van der Waals surface area (Å²) in [5.74, 6) is -4.69.